The summed E-state index contributed by atoms with van der Waals surface area (Å²) in [5, 5.41) is 5.43. The highest BCUT2D eigenvalue weighted by Crippen LogP contribution is 2.34. The van der Waals surface area contributed by atoms with Crippen LogP contribution in [0.15, 0.2) is 42.6 Å². The average Bonchev–Trinajstić information content (AvgIpc) is 2.75. The third-order valence-electron chi connectivity index (χ3n) is 4.39. The van der Waals surface area contributed by atoms with Crippen molar-refractivity contribution in [1.29, 1.82) is 0 Å². The van der Waals surface area contributed by atoms with Gasteiger partial charge in [0, 0.05) is 36.8 Å². The van der Waals surface area contributed by atoms with Crippen LogP contribution in [0.3, 0.4) is 0 Å². The van der Waals surface area contributed by atoms with Gasteiger partial charge in [0.1, 0.15) is 25.6 Å². The maximum absolute atomic E-state index is 13.0. The first kappa shape index (κ1) is 22.1. The topological polar surface area (TPSA) is 110 Å². The van der Waals surface area contributed by atoms with Crippen LogP contribution in [0.2, 0.25) is 0 Å². The maximum atomic E-state index is 13.0. The van der Waals surface area contributed by atoms with Crippen LogP contribution in [0.4, 0.5) is 11.5 Å². The van der Waals surface area contributed by atoms with Crippen molar-refractivity contribution >= 4 is 29.2 Å². The lowest BCUT2D eigenvalue weighted by atomic mass is 10.2. The van der Waals surface area contributed by atoms with Gasteiger partial charge in [0.25, 0.3) is 0 Å². The molecule has 0 atom stereocenters. The van der Waals surface area contributed by atoms with E-state index in [2.05, 4.69) is 15.6 Å². The Balaban J connectivity index is 1.70. The van der Waals surface area contributed by atoms with E-state index in [9.17, 15) is 14.4 Å². The van der Waals surface area contributed by atoms with E-state index in [1.807, 2.05) is 13.8 Å². The quantitative estimate of drug-likeness (QED) is 0.669. The molecule has 1 aliphatic rings. The van der Waals surface area contributed by atoms with Crippen LogP contribution < -0.4 is 25.0 Å². The second-order valence-electron chi connectivity index (χ2n) is 7.29. The molecule has 0 saturated heterocycles. The summed E-state index contributed by atoms with van der Waals surface area (Å²) in [5.41, 5.74) is 0.498. The maximum Gasteiger partial charge on any atom is 0.240 e. The van der Waals surface area contributed by atoms with Crippen molar-refractivity contribution in [3.05, 3.63) is 42.6 Å². The molecule has 9 nitrogen and oxygen atoms in total. The van der Waals surface area contributed by atoms with Gasteiger partial charge in [0.2, 0.25) is 17.7 Å². The Morgan fingerprint density at radius 1 is 1.03 bits per heavy atom. The van der Waals surface area contributed by atoms with E-state index in [1.54, 1.807) is 42.6 Å². The molecule has 0 spiro atoms. The van der Waals surface area contributed by atoms with Crippen molar-refractivity contribution in [2.24, 2.45) is 0 Å². The molecule has 31 heavy (non-hydrogen) atoms. The van der Waals surface area contributed by atoms with Gasteiger partial charge in [-0.05, 0) is 38.1 Å². The number of aromatic nitrogens is 1. The number of anilines is 2. The van der Waals surface area contributed by atoms with Gasteiger partial charge in [-0.25, -0.2) is 4.98 Å². The zero-order valence-electron chi connectivity index (χ0n) is 17.6. The molecule has 1 aromatic carbocycles. The summed E-state index contributed by atoms with van der Waals surface area (Å²) in [5.74, 6) is 0.533. The minimum absolute atomic E-state index is 0.0394. The minimum Gasteiger partial charge on any atom is -0.486 e. The average molecular weight is 426 g/mol. The van der Waals surface area contributed by atoms with Gasteiger partial charge in [-0.3, -0.25) is 14.4 Å². The molecule has 3 amide bonds. The van der Waals surface area contributed by atoms with Crippen LogP contribution in [-0.2, 0) is 14.4 Å². The van der Waals surface area contributed by atoms with Crippen LogP contribution in [0, 0.1) is 0 Å². The number of pyridine rings is 1. The number of hydrogen-bond acceptors (Lipinski definition) is 6. The summed E-state index contributed by atoms with van der Waals surface area (Å²) in [4.78, 5) is 42.9. The summed E-state index contributed by atoms with van der Waals surface area (Å²) in [6.07, 6.45) is 1.46. The zero-order chi connectivity index (χ0) is 22.2. The summed E-state index contributed by atoms with van der Waals surface area (Å²) in [6.45, 7) is 4.38. The van der Waals surface area contributed by atoms with E-state index in [4.69, 9.17) is 9.47 Å². The number of nitrogens with zero attached hydrogens (tertiary/aromatic N) is 2. The molecule has 0 saturated carbocycles. The van der Waals surface area contributed by atoms with Crippen molar-refractivity contribution in [2.75, 3.05) is 30.0 Å². The number of carbonyl (C=O) groups is 3. The minimum atomic E-state index is -0.355. The predicted octanol–water partition coefficient (Wildman–Crippen LogP) is 2.13. The number of benzene rings is 1. The molecule has 2 heterocycles. The number of amides is 3. The van der Waals surface area contributed by atoms with E-state index < -0.39 is 0 Å². The van der Waals surface area contributed by atoms with Crippen LogP contribution >= 0.6 is 0 Å². The van der Waals surface area contributed by atoms with Crippen LogP contribution in [0.5, 0.6) is 11.5 Å². The van der Waals surface area contributed by atoms with Gasteiger partial charge in [-0.1, -0.05) is 6.07 Å². The monoisotopic (exact) mass is 426 g/mol. The summed E-state index contributed by atoms with van der Waals surface area (Å²) >= 11 is 0. The van der Waals surface area contributed by atoms with Gasteiger partial charge >= 0.3 is 0 Å². The highest BCUT2D eigenvalue weighted by Gasteiger charge is 2.23. The molecule has 2 N–H and O–H groups in total. The van der Waals surface area contributed by atoms with Crippen molar-refractivity contribution in [3.8, 4) is 11.5 Å². The predicted molar refractivity (Wildman–Crippen MR) is 115 cm³/mol. The lowest BCUT2D eigenvalue weighted by Gasteiger charge is -2.25. The Kier molecular flexibility index (Phi) is 7.42. The molecule has 1 aromatic heterocycles. The van der Waals surface area contributed by atoms with Crippen molar-refractivity contribution < 1.29 is 23.9 Å². The highest BCUT2D eigenvalue weighted by atomic mass is 16.6. The Morgan fingerprint density at radius 2 is 1.81 bits per heavy atom. The van der Waals surface area contributed by atoms with Gasteiger partial charge in [-0.15, -0.1) is 0 Å². The Hall–Kier alpha value is -3.62. The molecule has 0 unspecified atom stereocenters. The van der Waals surface area contributed by atoms with Crippen molar-refractivity contribution in [2.45, 2.75) is 32.7 Å². The first-order valence-electron chi connectivity index (χ1n) is 10.1. The normalized spacial score (nSPS) is 12.2. The smallest absolute Gasteiger partial charge is 0.240 e. The molecular weight excluding hydrogens is 400 g/mol. The Morgan fingerprint density at radius 3 is 2.52 bits per heavy atom. The van der Waals surface area contributed by atoms with Crippen molar-refractivity contribution in [1.82, 2.24) is 10.3 Å². The van der Waals surface area contributed by atoms with E-state index in [1.165, 1.54) is 4.90 Å². The fourth-order valence-corrected chi connectivity index (χ4v) is 3.03. The van der Waals surface area contributed by atoms with Gasteiger partial charge in [-0.2, -0.15) is 0 Å². The standard InChI is InChI=1S/C22H26N4O5/c1-15(2)24-21(28)14-26(16-6-7-17-18(13-16)31-12-11-30-17)22(29)9-8-20(27)25-19-5-3-4-10-23-19/h3-7,10,13,15H,8-9,11-12,14H2,1-2H3,(H,24,28)(H,23,25,27). The fourth-order valence-electron chi connectivity index (χ4n) is 3.03. The molecule has 0 fully saturated rings. The first-order valence-corrected chi connectivity index (χ1v) is 10.1. The van der Waals surface area contributed by atoms with Crippen molar-refractivity contribution in [3.63, 3.8) is 0 Å². The highest BCUT2D eigenvalue weighted by molar-refractivity contribution is 6.01. The second kappa shape index (κ2) is 10.4. The van der Waals surface area contributed by atoms with Crippen LogP contribution in [0.1, 0.15) is 26.7 Å². The number of fused-ring (bicyclic) bond motifs is 1. The van der Waals surface area contributed by atoms with Crippen LogP contribution in [0.25, 0.3) is 0 Å². The lowest BCUT2D eigenvalue weighted by molar-refractivity contribution is -0.125. The molecular formula is C22H26N4O5. The molecule has 2 aromatic rings. The lowest BCUT2D eigenvalue weighted by Crippen LogP contribution is -2.43. The van der Waals surface area contributed by atoms with Gasteiger partial charge in [0.15, 0.2) is 11.5 Å². The SMILES string of the molecule is CC(C)NC(=O)CN(C(=O)CCC(=O)Nc1ccccn1)c1ccc2c(c1)OCCO2. The summed E-state index contributed by atoms with van der Waals surface area (Å²) < 4.78 is 11.1. The number of ether oxygens (including phenoxy) is 2. The molecule has 164 valence electrons. The molecule has 9 heteroatoms. The third kappa shape index (κ3) is 6.43. The molecule has 1 aliphatic heterocycles. The number of hydrogen-bond donors (Lipinski definition) is 2. The molecule has 0 aliphatic carbocycles. The molecule has 0 radical (unpaired) electrons. The van der Waals surface area contributed by atoms with E-state index in [0.717, 1.165) is 0 Å². The zero-order valence-corrected chi connectivity index (χ0v) is 17.6. The molecule has 0 bridgehead atoms. The van der Waals surface area contributed by atoms with E-state index >= 15 is 0 Å². The van der Waals surface area contributed by atoms with Gasteiger partial charge in [0.05, 0.1) is 0 Å². The van der Waals surface area contributed by atoms with Crippen LogP contribution in [-0.4, -0.2) is 48.5 Å². The third-order valence-corrected chi connectivity index (χ3v) is 4.39. The van der Waals surface area contributed by atoms with Gasteiger partial charge < -0.3 is 25.0 Å². The number of carbonyl (C=O) groups excluding carboxylic acids is 3. The second-order valence-corrected chi connectivity index (χ2v) is 7.29. The summed E-state index contributed by atoms with van der Waals surface area (Å²) in [6, 6.07) is 10.2. The van der Waals surface area contributed by atoms with E-state index in [0.29, 0.717) is 36.2 Å². The van der Waals surface area contributed by atoms with E-state index in [-0.39, 0.29) is 43.1 Å². The first-order chi connectivity index (χ1) is 14.9. The fraction of sp³-hybridized carbons (Fsp3) is 0.364. The number of rotatable bonds is 8. The Bertz CT molecular complexity index is 933. The molecule has 3 rings (SSSR count). The number of nitrogens with one attached hydrogen (secondary N) is 2. The Labute approximate surface area is 180 Å². The summed E-state index contributed by atoms with van der Waals surface area (Å²) in [7, 11) is 0. The largest absolute Gasteiger partial charge is 0.486 e.